The van der Waals surface area contributed by atoms with Crippen LogP contribution in [0.4, 0.5) is 5.82 Å². The summed E-state index contributed by atoms with van der Waals surface area (Å²) >= 11 is 0. The second-order valence-electron chi connectivity index (χ2n) is 4.16. The molecule has 2 N–H and O–H groups in total. The maximum Gasteiger partial charge on any atom is 0.240 e. The standard InChI is InChI=1S/C11H16N4O/c1-7-8(2)13-6-14-11(7)15-5-3-4-9(15)10(12)16/h6,9H,3-5H2,1-2H3,(H2,12,16). The third-order valence-electron chi connectivity index (χ3n) is 3.16. The van der Waals surface area contributed by atoms with Gasteiger partial charge in [0.1, 0.15) is 18.2 Å². The molecule has 1 amide bonds. The molecule has 0 spiro atoms. The molecule has 0 aromatic carbocycles. The topological polar surface area (TPSA) is 72.1 Å². The van der Waals surface area contributed by atoms with Gasteiger partial charge in [-0.05, 0) is 26.7 Å². The number of nitrogens with zero attached hydrogens (tertiary/aromatic N) is 3. The molecule has 86 valence electrons. The second kappa shape index (κ2) is 4.08. The van der Waals surface area contributed by atoms with Crippen molar-refractivity contribution in [3.8, 4) is 0 Å². The molecule has 0 bridgehead atoms. The Bertz CT molecular complexity index is 418. The number of aryl methyl sites for hydroxylation is 1. The molecule has 5 nitrogen and oxygen atoms in total. The Morgan fingerprint density at radius 3 is 2.94 bits per heavy atom. The van der Waals surface area contributed by atoms with Gasteiger partial charge in [-0.1, -0.05) is 0 Å². The molecule has 1 aromatic heterocycles. The number of carbonyl (C=O) groups is 1. The zero-order chi connectivity index (χ0) is 11.7. The summed E-state index contributed by atoms with van der Waals surface area (Å²) in [7, 11) is 0. The van der Waals surface area contributed by atoms with Crippen molar-refractivity contribution in [1.29, 1.82) is 0 Å². The van der Waals surface area contributed by atoms with Gasteiger partial charge in [-0.3, -0.25) is 4.79 Å². The minimum absolute atomic E-state index is 0.215. The molecule has 1 atom stereocenters. The van der Waals surface area contributed by atoms with E-state index in [1.54, 1.807) is 0 Å². The van der Waals surface area contributed by atoms with Crippen molar-refractivity contribution in [1.82, 2.24) is 9.97 Å². The van der Waals surface area contributed by atoms with Gasteiger partial charge < -0.3 is 10.6 Å². The molecule has 1 aromatic rings. The molecular formula is C11H16N4O. The molecule has 16 heavy (non-hydrogen) atoms. The monoisotopic (exact) mass is 220 g/mol. The van der Waals surface area contributed by atoms with Crippen LogP contribution in [0.2, 0.25) is 0 Å². The summed E-state index contributed by atoms with van der Waals surface area (Å²) in [5, 5.41) is 0. The lowest BCUT2D eigenvalue weighted by molar-refractivity contribution is -0.119. The third kappa shape index (κ3) is 1.73. The molecule has 1 unspecified atom stereocenters. The number of primary amides is 1. The van der Waals surface area contributed by atoms with Crippen molar-refractivity contribution in [2.45, 2.75) is 32.7 Å². The van der Waals surface area contributed by atoms with Gasteiger partial charge in [0.25, 0.3) is 0 Å². The molecule has 5 heteroatoms. The highest BCUT2D eigenvalue weighted by atomic mass is 16.1. The Hall–Kier alpha value is -1.65. The number of amides is 1. The normalized spacial score (nSPS) is 20.1. The van der Waals surface area contributed by atoms with E-state index in [0.29, 0.717) is 0 Å². The lowest BCUT2D eigenvalue weighted by Gasteiger charge is -2.24. The number of hydrogen-bond acceptors (Lipinski definition) is 4. The number of rotatable bonds is 2. The summed E-state index contributed by atoms with van der Waals surface area (Å²) in [6.07, 6.45) is 3.34. The molecule has 2 rings (SSSR count). The molecule has 1 saturated heterocycles. The predicted molar refractivity (Wildman–Crippen MR) is 61.1 cm³/mol. The fourth-order valence-electron chi connectivity index (χ4n) is 2.13. The van der Waals surface area contributed by atoms with Crippen molar-refractivity contribution in [2.75, 3.05) is 11.4 Å². The zero-order valence-corrected chi connectivity index (χ0v) is 9.60. The maximum absolute atomic E-state index is 11.3. The first-order valence-corrected chi connectivity index (χ1v) is 5.45. The van der Waals surface area contributed by atoms with E-state index in [1.807, 2.05) is 18.7 Å². The molecule has 0 aliphatic carbocycles. The van der Waals surface area contributed by atoms with E-state index in [1.165, 1.54) is 6.33 Å². The Morgan fingerprint density at radius 1 is 1.50 bits per heavy atom. The molecular weight excluding hydrogens is 204 g/mol. The minimum Gasteiger partial charge on any atom is -0.368 e. The third-order valence-corrected chi connectivity index (χ3v) is 3.16. The highest BCUT2D eigenvalue weighted by Crippen LogP contribution is 2.26. The van der Waals surface area contributed by atoms with Crippen molar-refractivity contribution in [3.05, 3.63) is 17.6 Å². The highest BCUT2D eigenvalue weighted by molar-refractivity contribution is 5.84. The molecule has 1 aliphatic heterocycles. The molecule has 2 heterocycles. The van der Waals surface area contributed by atoms with Crippen LogP contribution in [-0.2, 0) is 4.79 Å². The van der Waals surface area contributed by atoms with E-state index in [4.69, 9.17) is 5.73 Å². The fraction of sp³-hybridized carbons (Fsp3) is 0.545. The van der Waals surface area contributed by atoms with Crippen molar-refractivity contribution < 1.29 is 4.79 Å². The number of nitrogens with two attached hydrogens (primary N) is 1. The highest BCUT2D eigenvalue weighted by Gasteiger charge is 2.31. The first-order chi connectivity index (χ1) is 7.61. The van der Waals surface area contributed by atoms with E-state index in [0.717, 1.165) is 36.5 Å². The van der Waals surface area contributed by atoms with Gasteiger partial charge in [0.15, 0.2) is 0 Å². The average molecular weight is 220 g/mol. The van der Waals surface area contributed by atoms with Gasteiger partial charge in [0, 0.05) is 17.8 Å². The Kier molecular flexibility index (Phi) is 2.77. The van der Waals surface area contributed by atoms with Crippen LogP contribution in [0, 0.1) is 13.8 Å². The number of aromatic nitrogens is 2. The Labute approximate surface area is 94.7 Å². The van der Waals surface area contributed by atoms with Crippen LogP contribution < -0.4 is 10.6 Å². The number of carbonyl (C=O) groups excluding carboxylic acids is 1. The van der Waals surface area contributed by atoms with Gasteiger partial charge in [-0.2, -0.15) is 0 Å². The van der Waals surface area contributed by atoms with Crippen LogP contribution in [0.3, 0.4) is 0 Å². The van der Waals surface area contributed by atoms with Crippen LogP contribution in [0.15, 0.2) is 6.33 Å². The fourth-order valence-corrected chi connectivity index (χ4v) is 2.13. The Morgan fingerprint density at radius 2 is 2.25 bits per heavy atom. The van der Waals surface area contributed by atoms with E-state index in [2.05, 4.69) is 9.97 Å². The molecule has 1 fully saturated rings. The first kappa shape index (κ1) is 10.9. The number of hydrogen-bond donors (Lipinski definition) is 1. The zero-order valence-electron chi connectivity index (χ0n) is 9.60. The predicted octanol–water partition coefficient (Wildman–Crippen LogP) is 0.548. The van der Waals surface area contributed by atoms with Crippen LogP contribution >= 0.6 is 0 Å². The van der Waals surface area contributed by atoms with Crippen LogP contribution in [-0.4, -0.2) is 28.5 Å². The summed E-state index contributed by atoms with van der Waals surface area (Å²) in [5.41, 5.74) is 7.36. The lowest BCUT2D eigenvalue weighted by atomic mass is 10.2. The van der Waals surface area contributed by atoms with Crippen LogP contribution in [0.5, 0.6) is 0 Å². The van der Waals surface area contributed by atoms with Gasteiger partial charge in [0.2, 0.25) is 5.91 Å². The summed E-state index contributed by atoms with van der Waals surface area (Å²) in [4.78, 5) is 21.7. The molecule has 1 aliphatic rings. The van der Waals surface area contributed by atoms with Crippen molar-refractivity contribution >= 4 is 11.7 Å². The van der Waals surface area contributed by atoms with Crippen LogP contribution in [0.1, 0.15) is 24.1 Å². The number of anilines is 1. The van der Waals surface area contributed by atoms with E-state index in [-0.39, 0.29) is 11.9 Å². The molecule has 0 saturated carbocycles. The summed E-state index contributed by atoms with van der Waals surface area (Å²) in [6, 6.07) is -0.215. The molecule has 0 radical (unpaired) electrons. The van der Waals surface area contributed by atoms with E-state index < -0.39 is 0 Å². The largest absolute Gasteiger partial charge is 0.368 e. The van der Waals surface area contributed by atoms with Gasteiger partial charge in [-0.15, -0.1) is 0 Å². The second-order valence-corrected chi connectivity index (χ2v) is 4.16. The minimum atomic E-state index is -0.270. The van der Waals surface area contributed by atoms with E-state index in [9.17, 15) is 4.79 Å². The van der Waals surface area contributed by atoms with Gasteiger partial charge in [0.05, 0.1) is 0 Å². The van der Waals surface area contributed by atoms with Gasteiger partial charge >= 0.3 is 0 Å². The summed E-state index contributed by atoms with van der Waals surface area (Å²) in [6.45, 7) is 4.75. The first-order valence-electron chi connectivity index (χ1n) is 5.45. The quantitative estimate of drug-likeness (QED) is 0.790. The van der Waals surface area contributed by atoms with Gasteiger partial charge in [-0.25, -0.2) is 9.97 Å². The van der Waals surface area contributed by atoms with Crippen LogP contribution in [0.25, 0.3) is 0 Å². The lowest BCUT2D eigenvalue weighted by Crippen LogP contribution is -2.41. The van der Waals surface area contributed by atoms with Crippen molar-refractivity contribution in [3.63, 3.8) is 0 Å². The summed E-state index contributed by atoms with van der Waals surface area (Å²) < 4.78 is 0. The van der Waals surface area contributed by atoms with E-state index >= 15 is 0 Å². The summed E-state index contributed by atoms with van der Waals surface area (Å²) in [5.74, 6) is 0.571. The maximum atomic E-state index is 11.3. The smallest absolute Gasteiger partial charge is 0.240 e. The average Bonchev–Trinajstić information content (AvgIpc) is 2.70. The van der Waals surface area contributed by atoms with Crippen molar-refractivity contribution in [2.24, 2.45) is 5.73 Å². The Balaban J connectivity index is 2.36. The SMILES string of the molecule is Cc1ncnc(N2CCCC2C(N)=O)c1C.